The zero-order valence-electron chi connectivity index (χ0n) is 16.3. The summed E-state index contributed by atoms with van der Waals surface area (Å²) in [5.74, 6) is 0.952. The smallest absolute Gasteiger partial charge is 0.255 e. The van der Waals surface area contributed by atoms with Gasteiger partial charge in [-0.2, -0.15) is 10.1 Å². The van der Waals surface area contributed by atoms with Crippen LogP contribution in [-0.4, -0.2) is 37.4 Å². The van der Waals surface area contributed by atoms with Gasteiger partial charge in [-0.25, -0.2) is 4.68 Å². The zero-order chi connectivity index (χ0) is 21.1. The maximum absolute atomic E-state index is 13.3. The third-order valence-corrected chi connectivity index (χ3v) is 5.28. The van der Waals surface area contributed by atoms with Gasteiger partial charge in [0.25, 0.3) is 5.91 Å². The number of fused-ring (bicyclic) bond motifs is 1. The fraction of sp³-hybridized carbons (Fsp3) is 0.238. The van der Waals surface area contributed by atoms with E-state index < -0.39 is 6.04 Å². The van der Waals surface area contributed by atoms with Crippen LogP contribution in [0.1, 0.15) is 30.8 Å². The molecule has 3 N–H and O–H groups in total. The van der Waals surface area contributed by atoms with Crippen LogP contribution in [0.5, 0.6) is 0 Å². The standard InChI is InChI=1S/C21H21BrN6O2/c1-13-18(20(30)25-16-7-3-9-23-12-16)19(14-5-2-6-15(22)11-14)28-21(24-13)26-17(27-28)8-4-10-29/h2-3,5-7,9,11-12,19,29H,4,8,10H2,1H3,(H,25,30)(H,24,26,27)/t19-/m1/s1. The Bertz CT molecular complexity index is 1100. The van der Waals surface area contributed by atoms with E-state index in [4.69, 9.17) is 5.11 Å². The van der Waals surface area contributed by atoms with Gasteiger partial charge in [0.2, 0.25) is 5.95 Å². The lowest BCUT2D eigenvalue weighted by Gasteiger charge is -2.28. The molecule has 0 saturated heterocycles. The summed E-state index contributed by atoms with van der Waals surface area (Å²) in [4.78, 5) is 21.9. The summed E-state index contributed by atoms with van der Waals surface area (Å²) in [6.07, 6.45) is 4.39. The molecule has 0 aliphatic carbocycles. The first-order valence-corrected chi connectivity index (χ1v) is 10.4. The van der Waals surface area contributed by atoms with E-state index in [0.717, 1.165) is 10.0 Å². The number of aliphatic hydroxyl groups excluding tert-OH is 1. The average Bonchev–Trinajstić information content (AvgIpc) is 3.14. The molecule has 8 nitrogen and oxygen atoms in total. The van der Waals surface area contributed by atoms with E-state index in [0.29, 0.717) is 41.6 Å². The van der Waals surface area contributed by atoms with Crippen molar-refractivity contribution in [2.24, 2.45) is 0 Å². The van der Waals surface area contributed by atoms with Gasteiger partial charge in [-0.05, 0) is 43.2 Å². The van der Waals surface area contributed by atoms with Gasteiger partial charge < -0.3 is 15.7 Å². The highest BCUT2D eigenvalue weighted by molar-refractivity contribution is 9.10. The number of aliphatic hydroxyl groups is 1. The molecule has 0 fully saturated rings. The van der Waals surface area contributed by atoms with Crippen molar-refractivity contribution in [2.75, 3.05) is 17.2 Å². The van der Waals surface area contributed by atoms with Gasteiger partial charge in [-0.3, -0.25) is 9.78 Å². The Kier molecular flexibility index (Phi) is 5.91. The number of aryl methyl sites for hydroxylation is 1. The number of allylic oxidation sites excluding steroid dienone is 1. The highest BCUT2D eigenvalue weighted by Crippen LogP contribution is 2.36. The Labute approximate surface area is 182 Å². The molecule has 0 bridgehead atoms. The van der Waals surface area contributed by atoms with E-state index in [1.54, 1.807) is 29.2 Å². The molecule has 2 aromatic heterocycles. The Morgan fingerprint density at radius 2 is 2.20 bits per heavy atom. The van der Waals surface area contributed by atoms with Crippen molar-refractivity contribution in [2.45, 2.75) is 25.8 Å². The quantitative estimate of drug-likeness (QED) is 0.512. The van der Waals surface area contributed by atoms with E-state index in [1.807, 2.05) is 31.2 Å². The molecule has 1 aromatic carbocycles. The summed E-state index contributed by atoms with van der Waals surface area (Å²) in [6, 6.07) is 10.9. The monoisotopic (exact) mass is 468 g/mol. The third kappa shape index (κ3) is 4.12. The number of carbonyl (C=O) groups excluding carboxylic acids is 1. The number of nitrogens with one attached hydrogen (secondary N) is 2. The molecule has 0 radical (unpaired) electrons. The molecule has 0 unspecified atom stereocenters. The molecule has 1 amide bonds. The van der Waals surface area contributed by atoms with Gasteiger partial charge >= 0.3 is 0 Å². The van der Waals surface area contributed by atoms with E-state index in [1.165, 1.54) is 0 Å². The lowest BCUT2D eigenvalue weighted by molar-refractivity contribution is -0.113. The number of hydrogen-bond acceptors (Lipinski definition) is 6. The van der Waals surface area contributed by atoms with Crippen molar-refractivity contribution in [3.8, 4) is 0 Å². The first-order chi connectivity index (χ1) is 14.6. The second-order valence-corrected chi connectivity index (χ2v) is 7.86. The summed E-state index contributed by atoms with van der Waals surface area (Å²) < 4.78 is 2.64. The molecule has 3 heterocycles. The normalized spacial score (nSPS) is 15.5. The van der Waals surface area contributed by atoms with Gasteiger partial charge in [0, 0.05) is 29.4 Å². The number of anilines is 2. The van der Waals surface area contributed by atoms with Crippen molar-refractivity contribution >= 4 is 33.5 Å². The Balaban J connectivity index is 1.77. The van der Waals surface area contributed by atoms with Crippen molar-refractivity contribution < 1.29 is 9.90 Å². The van der Waals surface area contributed by atoms with Crippen LogP contribution in [0.3, 0.4) is 0 Å². The van der Waals surface area contributed by atoms with Crippen molar-refractivity contribution in [3.05, 3.63) is 75.9 Å². The molecular formula is C21H21BrN6O2. The van der Waals surface area contributed by atoms with Crippen LogP contribution < -0.4 is 10.6 Å². The molecule has 0 saturated carbocycles. The van der Waals surface area contributed by atoms with Crippen LogP contribution in [0, 0.1) is 0 Å². The van der Waals surface area contributed by atoms with Gasteiger partial charge in [-0.15, -0.1) is 0 Å². The number of pyridine rings is 1. The van der Waals surface area contributed by atoms with Crippen LogP contribution in [0.25, 0.3) is 0 Å². The van der Waals surface area contributed by atoms with Gasteiger partial charge in [0.15, 0.2) is 5.82 Å². The number of nitrogens with zero attached hydrogens (tertiary/aromatic N) is 4. The minimum absolute atomic E-state index is 0.0718. The van der Waals surface area contributed by atoms with E-state index in [9.17, 15) is 4.79 Å². The number of rotatable bonds is 6. The molecule has 0 spiro atoms. The largest absolute Gasteiger partial charge is 0.396 e. The Morgan fingerprint density at radius 1 is 1.33 bits per heavy atom. The molecule has 4 rings (SSSR count). The molecule has 1 aliphatic heterocycles. The fourth-order valence-electron chi connectivity index (χ4n) is 3.45. The predicted molar refractivity (Wildman–Crippen MR) is 117 cm³/mol. The summed E-state index contributed by atoms with van der Waals surface area (Å²) >= 11 is 3.52. The second-order valence-electron chi connectivity index (χ2n) is 6.94. The third-order valence-electron chi connectivity index (χ3n) is 4.78. The molecule has 30 heavy (non-hydrogen) atoms. The lowest BCUT2D eigenvalue weighted by Crippen LogP contribution is -2.31. The van der Waals surface area contributed by atoms with Gasteiger partial charge in [-0.1, -0.05) is 28.1 Å². The number of hydrogen-bond donors (Lipinski definition) is 3. The highest BCUT2D eigenvalue weighted by atomic mass is 79.9. The van der Waals surface area contributed by atoms with Crippen molar-refractivity contribution in [3.63, 3.8) is 0 Å². The SMILES string of the molecule is CC1=C(C(=O)Nc2cccnc2)[C@@H](c2cccc(Br)c2)n2nc(CCCO)nc2N1. The molecule has 154 valence electrons. The highest BCUT2D eigenvalue weighted by Gasteiger charge is 2.34. The van der Waals surface area contributed by atoms with E-state index in [2.05, 4.69) is 41.6 Å². The van der Waals surface area contributed by atoms with Crippen LogP contribution in [0.4, 0.5) is 11.6 Å². The van der Waals surface area contributed by atoms with E-state index in [-0.39, 0.29) is 12.5 Å². The predicted octanol–water partition coefficient (Wildman–Crippen LogP) is 3.29. The average molecular weight is 469 g/mol. The first kappa shape index (κ1) is 20.2. The number of benzene rings is 1. The van der Waals surface area contributed by atoms with E-state index >= 15 is 0 Å². The number of amides is 1. The summed E-state index contributed by atoms with van der Waals surface area (Å²) in [5, 5.41) is 19.9. The topological polar surface area (TPSA) is 105 Å². The zero-order valence-corrected chi connectivity index (χ0v) is 17.9. The first-order valence-electron chi connectivity index (χ1n) is 9.57. The van der Waals surface area contributed by atoms with Crippen molar-refractivity contribution in [1.29, 1.82) is 0 Å². The fourth-order valence-corrected chi connectivity index (χ4v) is 3.87. The molecule has 9 heteroatoms. The molecule has 3 aromatic rings. The summed E-state index contributed by atoms with van der Waals surface area (Å²) in [5.41, 5.74) is 2.77. The maximum atomic E-state index is 13.3. The second kappa shape index (κ2) is 8.76. The summed E-state index contributed by atoms with van der Waals surface area (Å²) in [7, 11) is 0. The number of halogens is 1. The van der Waals surface area contributed by atoms with Crippen LogP contribution in [0.15, 0.2) is 64.5 Å². The molecule has 1 aliphatic rings. The Hall–Kier alpha value is -3.04. The van der Waals surface area contributed by atoms with Gasteiger partial charge in [0.05, 0.1) is 17.5 Å². The van der Waals surface area contributed by atoms with Crippen LogP contribution in [0.2, 0.25) is 0 Å². The molecular weight excluding hydrogens is 448 g/mol. The maximum Gasteiger partial charge on any atom is 0.255 e. The molecule has 1 atom stereocenters. The lowest BCUT2D eigenvalue weighted by atomic mass is 9.95. The number of carbonyl (C=O) groups is 1. The van der Waals surface area contributed by atoms with Gasteiger partial charge in [0.1, 0.15) is 6.04 Å². The van der Waals surface area contributed by atoms with Crippen LogP contribution >= 0.6 is 15.9 Å². The minimum atomic E-state index is -0.453. The number of aromatic nitrogens is 4. The minimum Gasteiger partial charge on any atom is -0.396 e. The summed E-state index contributed by atoms with van der Waals surface area (Å²) in [6.45, 7) is 1.93. The van der Waals surface area contributed by atoms with Crippen molar-refractivity contribution in [1.82, 2.24) is 19.7 Å². The Morgan fingerprint density at radius 3 is 2.93 bits per heavy atom. The van der Waals surface area contributed by atoms with Crippen LogP contribution in [-0.2, 0) is 11.2 Å².